The molecule has 16 heavy (non-hydrogen) atoms. The predicted octanol–water partition coefficient (Wildman–Crippen LogP) is 2.66. The van der Waals surface area contributed by atoms with E-state index in [1.165, 1.54) is 0 Å². The van der Waals surface area contributed by atoms with Crippen molar-refractivity contribution in [2.45, 2.75) is 19.4 Å². The fraction of sp³-hybridized carbons (Fsp3) is 0.333. The first kappa shape index (κ1) is 11.2. The molecule has 3 nitrogen and oxygen atoms in total. The minimum Gasteiger partial charge on any atom is -0.309 e. The van der Waals surface area contributed by atoms with Crippen LogP contribution in [0.15, 0.2) is 29.8 Å². The van der Waals surface area contributed by atoms with Crippen LogP contribution in [-0.2, 0) is 5.54 Å². The van der Waals surface area contributed by atoms with Gasteiger partial charge in [-0.15, -0.1) is 11.3 Å². The van der Waals surface area contributed by atoms with Gasteiger partial charge in [0, 0.05) is 11.6 Å². The standard InChI is InChI=1S/C12H15N3S/c1-12(2,13-3)11-15-10(8-16-11)9-6-4-5-7-14-9/h4-8,13H,1-3H3. The van der Waals surface area contributed by atoms with Gasteiger partial charge in [-0.3, -0.25) is 4.98 Å². The maximum absolute atomic E-state index is 4.62. The number of nitrogens with one attached hydrogen (secondary N) is 1. The fourth-order valence-corrected chi connectivity index (χ4v) is 2.24. The Kier molecular flexibility index (Phi) is 3.03. The van der Waals surface area contributed by atoms with Crippen LogP contribution < -0.4 is 5.32 Å². The van der Waals surface area contributed by atoms with E-state index in [4.69, 9.17) is 0 Å². The van der Waals surface area contributed by atoms with E-state index in [1.54, 1.807) is 17.5 Å². The van der Waals surface area contributed by atoms with Crippen LogP contribution in [0, 0.1) is 0 Å². The van der Waals surface area contributed by atoms with Crippen molar-refractivity contribution in [2.24, 2.45) is 0 Å². The van der Waals surface area contributed by atoms with Crippen molar-refractivity contribution in [3.05, 3.63) is 34.8 Å². The summed E-state index contributed by atoms with van der Waals surface area (Å²) in [5.41, 5.74) is 1.79. The second kappa shape index (κ2) is 4.31. The van der Waals surface area contributed by atoms with Crippen molar-refractivity contribution in [1.82, 2.24) is 15.3 Å². The highest BCUT2D eigenvalue weighted by molar-refractivity contribution is 7.10. The Balaban J connectivity index is 2.34. The lowest BCUT2D eigenvalue weighted by molar-refractivity contribution is 0.442. The summed E-state index contributed by atoms with van der Waals surface area (Å²) in [4.78, 5) is 8.91. The van der Waals surface area contributed by atoms with Crippen molar-refractivity contribution in [1.29, 1.82) is 0 Å². The molecule has 0 atom stereocenters. The number of pyridine rings is 1. The Hall–Kier alpha value is -1.26. The smallest absolute Gasteiger partial charge is 0.113 e. The van der Waals surface area contributed by atoms with Gasteiger partial charge in [-0.05, 0) is 33.0 Å². The highest BCUT2D eigenvalue weighted by Gasteiger charge is 2.22. The summed E-state index contributed by atoms with van der Waals surface area (Å²) in [7, 11) is 1.95. The summed E-state index contributed by atoms with van der Waals surface area (Å²) >= 11 is 1.66. The Bertz CT molecular complexity index is 462. The lowest BCUT2D eigenvalue weighted by atomic mass is 10.1. The van der Waals surface area contributed by atoms with Crippen molar-refractivity contribution in [2.75, 3.05) is 7.05 Å². The number of thiazole rings is 1. The highest BCUT2D eigenvalue weighted by Crippen LogP contribution is 2.27. The number of hydrogen-bond donors (Lipinski definition) is 1. The summed E-state index contributed by atoms with van der Waals surface area (Å²) in [5, 5.41) is 6.38. The Morgan fingerprint density at radius 2 is 2.06 bits per heavy atom. The van der Waals surface area contributed by atoms with Crippen molar-refractivity contribution < 1.29 is 0 Å². The molecule has 0 aliphatic heterocycles. The molecule has 84 valence electrons. The molecule has 1 N–H and O–H groups in total. The molecule has 0 aliphatic carbocycles. The minimum absolute atomic E-state index is 0.0856. The topological polar surface area (TPSA) is 37.8 Å². The third-order valence-electron chi connectivity index (χ3n) is 2.59. The van der Waals surface area contributed by atoms with Gasteiger partial charge in [0.25, 0.3) is 0 Å². The van der Waals surface area contributed by atoms with E-state index < -0.39 is 0 Å². The molecular formula is C12H15N3S. The molecule has 0 radical (unpaired) electrons. The van der Waals surface area contributed by atoms with E-state index in [0.29, 0.717) is 0 Å². The van der Waals surface area contributed by atoms with Gasteiger partial charge >= 0.3 is 0 Å². The van der Waals surface area contributed by atoms with Crippen LogP contribution in [-0.4, -0.2) is 17.0 Å². The fourth-order valence-electron chi connectivity index (χ4n) is 1.30. The maximum Gasteiger partial charge on any atom is 0.113 e. The van der Waals surface area contributed by atoms with Crippen LogP contribution in [0.1, 0.15) is 18.9 Å². The number of rotatable bonds is 3. The SMILES string of the molecule is CNC(C)(C)c1nc(-c2ccccn2)cs1. The molecule has 0 unspecified atom stereocenters. The van der Waals surface area contributed by atoms with E-state index in [1.807, 2.05) is 25.2 Å². The molecule has 0 aromatic carbocycles. The largest absolute Gasteiger partial charge is 0.309 e. The molecule has 2 aromatic rings. The van der Waals surface area contributed by atoms with Gasteiger partial charge in [-0.1, -0.05) is 6.07 Å². The molecule has 0 saturated carbocycles. The summed E-state index contributed by atoms with van der Waals surface area (Å²) in [6.45, 7) is 4.24. The Morgan fingerprint density at radius 1 is 1.25 bits per heavy atom. The first-order valence-corrected chi connectivity index (χ1v) is 6.08. The molecule has 4 heteroatoms. The molecule has 0 saturated heterocycles. The van der Waals surface area contributed by atoms with E-state index in [-0.39, 0.29) is 5.54 Å². The van der Waals surface area contributed by atoms with Crippen LogP contribution in [0.3, 0.4) is 0 Å². The van der Waals surface area contributed by atoms with E-state index in [0.717, 1.165) is 16.4 Å². The first-order valence-electron chi connectivity index (χ1n) is 5.20. The van der Waals surface area contributed by atoms with Gasteiger partial charge in [0.15, 0.2) is 0 Å². The number of aromatic nitrogens is 2. The molecule has 2 aromatic heterocycles. The van der Waals surface area contributed by atoms with Gasteiger partial charge in [-0.2, -0.15) is 0 Å². The zero-order valence-corrected chi connectivity index (χ0v) is 10.5. The third kappa shape index (κ3) is 2.13. The zero-order valence-electron chi connectivity index (χ0n) is 9.69. The lowest BCUT2D eigenvalue weighted by Gasteiger charge is -2.20. The number of nitrogens with zero attached hydrogens (tertiary/aromatic N) is 2. The average molecular weight is 233 g/mol. The second-order valence-corrected chi connectivity index (χ2v) is 4.99. The molecule has 2 rings (SSSR count). The Labute approximate surface area is 99.6 Å². The quantitative estimate of drug-likeness (QED) is 0.885. The van der Waals surface area contributed by atoms with Gasteiger partial charge in [0.1, 0.15) is 5.01 Å². The highest BCUT2D eigenvalue weighted by atomic mass is 32.1. The predicted molar refractivity (Wildman–Crippen MR) is 67.4 cm³/mol. The molecule has 0 amide bonds. The maximum atomic E-state index is 4.62. The summed E-state index contributed by atoms with van der Waals surface area (Å²) in [6.07, 6.45) is 1.79. The molecule has 0 spiro atoms. The van der Waals surface area contributed by atoms with Crippen molar-refractivity contribution in [3.63, 3.8) is 0 Å². The van der Waals surface area contributed by atoms with Crippen LogP contribution >= 0.6 is 11.3 Å². The van der Waals surface area contributed by atoms with Crippen LogP contribution in [0.4, 0.5) is 0 Å². The van der Waals surface area contributed by atoms with Gasteiger partial charge < -0.3 is 5.32 Å². The first-order chi connectivity index (χ1) is 7.63. The monoisotopic (exact) mass is 233 g/mol. The van der Waals surface area contributed by atoms with Gasteiger partial charge in [-0.25, -0.2) is 4.98 Å². The van der Waals surface area contributed by atoms with Crippen LogP contribution in [0.25, 0.3) is 11.4 Å². The van der Waals surface area contributed by atoms with E-state index in [2.05, 4.69) is 34.5 Å². The molecule has 0 bridgehead atoms. The van der Waals surface area contributed by atoms with Gasteiger partial charge in [0.05, 0.1) is 16.9 Å². The van der Waals surface area contributed by atoms with Crippen molar-refractivity contribution >= 4 is 11.3 Å². The molecule has 0 fully saturated rings. The van der Waals surface area contributed by atoms with Crippen LogP contribution in [0.5, 0.6) is 0 Å². The van der Waals surface area contributed by atoms with Crippen LogP contribution in [0.2, 0.25) is 0 Å². The minimum atomic E-state index is -0.0856. The second-order valence-electron chi connectivity index (χ2n) is 4.13. The lowest BCUT2D eigenvalue weighted by Crippen LogP contribution is -2.32. The average Bonchev–Trinajstić information content (AvgIpc) is 2.80. The summed E-state index contributed by atoms with van der Waals surface area (Å²) < 4.78 is 0. The van der Waals surface area contributed by atoms with E-state index in [9.17, 15) is 0 Å². The molecule has 0 aliphatic rings. The summed E-state index contributed by atoms with van der Waals surface area (Å²) in [6, 6.07) is 5.87. The number of hydrogen-bond acceptors (Lipinski definition) is 4. The molecule has 2 heterocycles. The van der Waals surface area contributed by atoms with Crippen molar-refractivity contribution in [3.8, 4) is 11.4 Å². The zero-order chi connectivity index (χ0) is 11.6. The third-order valence-corrected chi connectivity index (χ3v) is 3.76. The summed E-state index contributed by atoms with van der Waals surface area (Å²) in [5.74, 6) is 0. The van der Waals surface area contributed by atoms with E-state index >= 15 is 0 Å². The normalized spacial score (nSPS) is 11.7. The van der Waals surface area contributed by atoms with Gasteiger partial charge in [0.2, 0.25) is 0 Å². The molecular weight excluding hydrogens is 218 g/mol. The Morgan fingerprint density at radius 3 is 2.69 bits per heavy atom.